The maximum Gasteiger partial charge on any atom is 0.258 e. The van der Waals surface area contributed by atoms with Gasteiger partial charge in [0.1, 0.15) is 11.6 Å². The molecule has 0 saturated heterocycles. The lowest BCUT2D eigenvalue weighted by atomic mass is 9.84. The van der Waals surface area contributed by atoms with Gasteiger partial charge in [0, 0.05) is 17.3 Å². The molecule has 0 aliphatic heterocycles. The first kappa shape index (κ1) is 25.0. The predicted octanol–water partition coefficient (Wildman–Crippen LogP) is 4.11. The number of anilines is 2. The minimum Gasteiger partial charge on any atom is -0.494 e. The van der Waals surface area contributed by atoms with Crippen LogP contribution in [0.4, 0.5) is 15.8 Å². The highest BCUT2D eigenvalue weighted by Gasteiger charge is 2.25. The van der Waals surface area contributed by atoms with Gasteiger partial charge >= 0.3 is 0 Å². The Labute approximate surface area is 197 Å². The normalized spacial score (nSPS) is 11.7. The highest BCUT2D eigenvalue weighted by atomic mass is 32.2. The molecule has 1 aromatic heterocycles. The number of hydrogen-bond donors (Lipinski definition) is 3. The van der Waals surface area contributed by atoms with E-state index in [4.69, 9.17) is 4.74 Å². The van der Waals surface area contributed by atoms with Crippen LogP contribution in [0.25, 0.3) is 11.1 Å². The molecule has 3 aromatic rings. The number of benzene rings is 2. The van der Waals surface area contributed by atoms with Crippen molar-refractivity contribution in [2.75, 3.05) is 23.4 Å². The van der Waals surface area contributed by atoms with E-state index in [1.54, 1.807) is 18.2 Å². The van der Waals surface area contributed by atoms with Crippen LogP contribution in [-0.4, -0.2) is 32.7 Å². The molecule has 0 aliphatic carbocycles. The number of carbonyl (C=O) groups excluding carboxylic acids is 1. The van der Waals surface area contributed by atoms with E-state index in [1.165, 1.54) is 25.4 Å². The summed E-state index contributed by atoms with van der Waals surface area (Å²) < 4.78 is 45.2. The van der Waals surface area contributed by atoms with Crippen LogP contribution in [0, 0.1) is 5.82 Å². The summed E-state index contributed by atoms with van der Waals surface area (Å²) in [5.41, 5.74) is 0.937. The number of H-pyrrole nitrogens is 1. The van der Waals surface area contributed by atoms with Gasteiger partial charge < -0.3 is 15.0 Å². The zero-order chi connectivity index (χ0) is 25.3. The molecule has 0 unspecified atom stereocenters. The number of aromatic amines is 1. The molecule has 0 radical (unpaired) electrons. The molecule has 1 amide bonds. The number of sulfonamides is 1. The molecule has 2 aromatic carbocycles. The number of nitrogens with one attached hydrogen (secondary N) is 3. The van der Waals surface area contributed by atoms with E-state index in [-0.39, 0.29) is 22.5 Å². The molecule has 8 nitrogen and oxygen atoms in total. The summed E-state index contributed by atoms with van der Waals surface area (Å²) in [7, 11) is -2.14. The third-order valence-electron chi connectivity index (χ3n) is 5.00. The first-order valence-electron chi connectivity index (χ1n) is 10.3. The number of halogens is 1. The standard InChI is InChI=1S/C24H26FN3O5S/c1-24(2,3)18-11-14(16-7-6-10-26-22(16)29)12-20(21(18)33-4)27-23(30)17-9-8-15(13-19(17)25)28-34(5,31)32/h6-13,28H,1-5H3,(H,26,29)(H,27,30). The van der Waals surface area contributed by atoms with Crippen molar-refractivity contribution in [2.24, 2.45) is 0 Å². The molecule has 180 valence electrons. The van der Waals surface area contributed by atoms with Crippen LogP contribution in [-0.2, 0) is 15.4 Å². The maximum absolute atomic E-state index is 14.7. The lowest BCUT2D eigenvalue weighted by Crippen LogP contribution is -2.19. The zero-order valence-corrected chi connectivity index (χ0v) is 20.3. The highest BCUT2D eigenvalue weighted by molar-refractivity contribution is 7.92. The summed E-state index contributed by atoms with van der Waals surface area (Å²) in [6, 6.07) is 10.2. The summed E-state index contributed by atoms with van der Waals surface area (Å²) in [4.78, 5) is 28.0. The minimum atomic E-state index is -3.60. The first-order chi connectivity index (χ1) is 15.8. The molecule has 3 N–H and O–H groups in total. The zero-order valence-electron chi connectivity index (χ0n) is 19.4. The number of amides is 1. The van der Waals surface area contributed by atoms with Gasteiger partial charge in [0.05, 0.1) is 30.3 Å². The smallest absolute Gasteiger partial charge is 0.258 e. The number of aromatic nitrogens is 1. The Morgan fingerprint density at radius 2 is 1.82 bits per heavy atom. The van der Waals surface area contributed by atoms with E-state index in [2.05, 4.69) is 15.0 Å². The molecule has 10 heteroatoms. The lowest BCUT2D eigenvalue weighted by Gasteiger charge is -2.25. The van der Waals surface area contributed by atoms with Crippen LogP contribution in [0.3, 0.4) is 0 Å². The maximum atomic E-state index is 14.7. The third-order valence-corrected chi connectivity index (χ3v) is 5.60. The Kier molecular flexibility index (Phi) is 6.83. The van der Waals surface area contributed by atoms with Crippen LogP contribution in [0.2, 0.25) is 0 Å². The van der Waals surface area contributed by atoms with Gasteiger partial charge in [-0.15, -0.1) is 0 Å². The summed E-state index contributed by atoms with van der Waals surface area (Å²) in [5, 5.41) is 2.67. The Balaban J connectivity index is 2.08. The summed E-state index contributed by atoms with van der Waals surface area (Å²) in [5.74, 6) is -1.29. The van der Waals surface area contributed by atoms with E-state index in [1.807, 2.05) is 26.8 Å². The van der Waals surface area contributed by atoms with Crippen molar-refractivity contribution in [3.05, 3.63) is 76.0 Å². The third kappa shape index (κ3) is 5.63. The first-order valence-corrected chi connectivity index (χ1v) is 12.2. The second kappa shape index (κ2) is 9.30. The van der Waals surface area contributed by atoms with E-state index in [9.17, 15) is 22.4 Å². The number of ether oxygens (including phenoxy) is 1. The van der Waals surface area contributed by atoms with E-state index >= 15 is 0 Å². The Hall–Kier alpha value is -3.66. The van der Waals surface area contributed by atoms with Crippen LogP contribution >= 0.6 is 0 Å². The molecule has 0 fully saturated rings. The van der Waals surface area contributed by atoms with Gasteiger partial charge in [0.15, 0.2) is 0 Å². The quantitative estimate of drug-likeness (QED) is 0.484. The number of methoxy groups -OCH3 is 1. The number of rotatable bonds is 6. The molecule has 34 heavy (non-hydrogen) atoms. The van der Waals surface area contributed by atoms with Gasteiger partial charge in [-0.25, -0.2) is 12.8 Å². The van der Waals surface area contributed by atoms with Crippen LogP contribution in [0.5, 0.6) is 5.75 Å². The minimum absolute atomic E-state index is 0.00514. The summed E-state index contributed by atoms with van der Waals surface area (Å²) >= 11 is 0. The molecular weight excluding hydrogens is 461 g/mol. The molecule has 1 heterocycles. The highest BCUT2D eigenvalue weighted by Crippen LogP contribution is 2.40. The van der Waals surface area contributed by atoms with Crippen molar-refractivity contribution < 1.29 is 22.3 Å². The Morgan fingerprint density at radius 3 is 2.38 bits per heavy atom. The van der Waals surface area contributed by atoms with Gasteiger partial charge in [0.25, 0.3) is 11.5 Å². The second-order valence-electron chi connectivity index (χ2n) is 8.79. The van der Waals surface area contributed by atoms with Crippen molar-refractivity contribution in [1.29, 1.82) is 0 Å². The van der Waals surface area contributed by atoms with Crippen molar-refractivity contribution in [1.82, 2.24) is 4.98 Å². The fourth-order valence-corrected chi connectivity index (χ4v) is 4.02. The van der Waals surface area contributed by atoms with E-state index < -0.39 is 27.2 Å². The molecular formula is C24H26FN3O5S. The Bertz CT molecular complexity index is 1410. The van der Waals surface area contributed by atoms with Crippen LogP contribution in [0.15, 0.2) is 53.5 Å². The Morgan fingerprint density at radius 1 is 1.12 bits per heavy atom. The average Bonchev–Trinajstić information content (AvgIpc) is 2.71. The molecule has 0 atom stereocenters. The van der Waals surface area contributed by atoms with E-state index in [0.29, 0.717) is 16.9 Å². The SMILES string of the molecule is COc1c(NC(=O)c2ccc(NS(C)(=O)=O)cc2F)cc(-c2ccc[nH]c2=O)cc1C(C)(C)C. The van der Waals surface area contributed by atoms with Gasteiger partial charge in [-0.2, -0.15) is 0 Å². The molecule has 0 bridgehead atoms. The topological polar surface area (TPSA) is 117 Å². The van der Waals surface area contributed by atoms with Gasteiger partial charge in [0.2, 0.25) is 10.0 Å². The number of carbonyl (C=O) groups is 1. The number of hydrogen-bond acceptors (Lipinski definition) is 5. The summed E-state index contributed by atoms with van der Waals surface area (Å²) in [6.07, 6.45) is 2.46. The molecule has 0 spiro atoms. The van der Waals surface area contributed by atoms with Crippen LogP contribution in [0.1, 0.15) is 36.7 Å². The molecule has 0 saturated carbocycles. The van der Waals surface area contributed by atoms with Crippen LogP contribution < -0.4 is 20.3 Å². The predicted molar refractivity (Wildman–Crippen MR) is 131 cm³/mol. The monoisotopic (exact) mass is 487 g/mol. The molecule has 0 aliphatic rings. The van der Waals surface area contributed by atoms with Gasteiger partial charge in [-0.05, 0) is 53.4 Å². The average molecular weight is 488 g/mol. The van der Waals surface area contributed by atoms with Crippen molar-refractivity contribution in [3.63, 3.8) is 0 Å². The summed E-state index contributed by atoms with van der Waals surface area (Å²) in [6.45, 7) is 5.88. The lowest BCUT2D eigenvalue weighted by molar-refractivity contribution is 0.102. The fourth-order valence-electron chi connectivity index (χ4n) is 3.47. The van der Waals surface area contributed by atoms with E-state index in [0.717, 1.165) is 17.9 Å². The largest absolute Gasteiger partial charge is 0.494 e. The van der Waals surface area contributed by atoms with Crippen molar-refractivity contribution in [2.45, 2.75) is 26.2 Å². The van der Waals surface area contributed by atoms with Crippen molar-refractivity contribution >= 4 is 27.3 Å². The van der Waals surface area contributed by atoms with Gasteiger partial charge in [-0.3, -0.25) is 14.3 Å². The second-order valence-corrected chi connectivity index (χ2v) is 10.5. The van der Waals surface area contributed by atoms with Crippen molar-refractivity contribution in [3.8, 4) is 16.9 Å². The molecule has 3 rings (SSSR count). The number of pyridine rings is 1. The van der Waals surface area contributed by atoms with Gasteiger partial charge in [-0.1, -0.05) is 20.8 Å². The fraction of sp³-hybridized carbons (Fsp3) is 0.250.